The van der Waals surface area contributed by atoms with Crippen LogP contribution in [0.4, 0.5) is 4.79 Å². The molecule has 2 amide bonds. The van der Waals surface area contributed by atoms with Gasteiger partial charge in [-0.25, -0.2) is 4.79 Å². The number of rotatable bonds is 1. The molecule has 0 aromatic heterocycles. The Hall–Kier alpha value is -0.770. The summed E-state index contributed by atoms with van der Waals surface area (Å²) < 4.78 is 0. The molecule has 1 saturated carbocycles. The van der Waals surface area contributed by atoms with Gasteiger partial charge >= 0.3 is 6.03 Å². The van der Waals surface area contributed by atoms with Gasteiger partial charge in [0.25, 0.3) is 0 Å². The van der Waals surface area contributed by atoms with E-state index < -0.39 is 0 Å². The second-order valence-electron chi connectivity index (χ2n) is 4.67. The van der Waals surface area contributed by atoms with E-state index in [0.29, 0.717) is 12.8 Å². The number of aliphatic hydroxyl groups is 1. The molecule has 4 nitrogen and oxygen atoms in total. The Kier molecular flexibility index (Phi) is 2.81. The predicted molar refractivity (Wildman–Crippen MR) is 50.4 cm³/mol. The summed E-state index contributed by atoms with van der Waals surface area (Å²) in [5.74, 6) is 0. The van der Waals surface area contributed by atoms with Crippen LogP contribution in [0.15, 0.2) is 0 Å². The summed E-state index contributed by atoms with van der Waals surface area (Å²) in [6.07, 6.45) is 1.13. The molecule has 1 fully saturated rings. The van der Waals surface area contributed by atoms with E-state index in [1.807, 2.05) is 20.8 Å². The average molecular weight is 186 g/mol. The minimum atomic E-state index is -0.222. The Morgan fingerprint density at radius 1 is 1.38 bits per heavy atom. The van der Waals surface area contributed by atoms with Crippen molar-refractivity contribution in [2.75, 3.05) is 0 Å². The molecular formula is C9H18N2O2. The molecule has 13 heavy (non-hydrogen) atoms. The van der Waals surface area contributed by atoms with Gasteiger partial charge in [-0.1, -0.05) is 0 Å². The molecule has 1 aliphatic carbocycles. The van der Waals surface area contributed by atoms with Gasteiger partial charge < -0.3 is 15.7 Å². The maximum atomic E-state index is 11.3. The Morgan fingerprint density at radius 2 is 1.92 bits per heavy atom. The van der Waals surface area contributed by atoms with Gasteiger partial charge in [0.1, 0.15) is 0 Å². The minimum absolute atomic E-state index is 0.149. The van der Waals surface area contributed by atoms with Crippen LogP contribution in [0.25, 0.3) is 0 Å². The third-order valence-corrected chi connectivity index (χ3v) is 1.94. The molecule has 3 N–H and O–H groups in total. The first-order valence-corrected chi connectivity index (χ1v) is 4.63. The summed E-state index contributed by atoms with van der Waals surface area (Å²) in [6, 6.07) is 0.00162. The highest BCUT2D eigenvalue weighted by Gasteiger charge is 2.28. The Morgan fingerprint density at radius 3 is 2.31 bits per heavy atom. The molecule has 0 unspecified atom stereocenters. The van der Waals surface area contributed by atoms with Crippen molar-refractivity contribution in [1.82, 2.24) is 10.6 Å². The molecule has 0 radical (unpaired) electrons. The lowest BCUT2D eigenvalue weighted by Gasteiger charge is -2.33. The standard InChI is InChI=1S/C9H18N2O2/c1-9(2,3)11-8(13)10-6-4-7(12)5-6/h6-7,12H,4-5H2,1-3H3,(H2,10,11,13). The summed E-state index contributed by atoms with van der Waals surface area (Å²) in [6.45, 7) is 5.80. The molecular weight excluding hydrogens is 168 g/mol. The third-order valence-electron chi connectivity index (χ3n) is 1.94. The molecule has 4 heteroatoms. The van der Waals surface area contributed by atoms with E-state index in [1.165, 1.54) is 0 Å². The van der Waals surface area contributed by atoms with Crippen molar-refractivity contribution in [1.29, 1.82) is 0 Å². The first-order chi connectivity index (χ1) is 5.87. The van der Waals surface area contributed by atoms with E-state index in [-0.39, 0.29) is 23.7 Å². The molecule has 0 aromatic carbocycles. The maximum Gasteiger partial charge on any atom is 0.315 e. The molecule has 0 spiro atoms. The maximum absolute atomic E-state index is 11.3. The van der Waals surface area contributed by atoms with Crippen LogP contribution in [0.1, 0.15) is 33.6 Å². The average Bonchev–Trinajstić information content (AvgIpc) is 1.79. The fourth-order valence-electron chi connectivity index (χ4n) is 1.27. The van der Waals surface area contributed by atoms with Crippen LogP contribution in [0.2, 0.25) is 0 Å². The van der Waals surface area contributed by atoms with E-state index in [9.17, 15) is 4.79 Å². The smallest absolute Gasteiger partial charge is 0.315 e. The zero-order valence-electron chi connectivity index (χ0n) is 8.42. The molecule has 1 aliphatic rings. The minimum Gasteiger partial charge on any atom is -0.393 e. The highest BCUT2D eigenvalue weighted by molar-refractivity contribution is 5.75. The lowest BCUT2D eigenvalue weighted by Crippen LogP contribution is -2.53. The summed E-state index contributed by atoms with van der Waals surface area (Å²) >= 11 is 0. The van der Waals surface area contributed by atoms with Crippen LogP contribution in [0.5, 0.6) is 0 Å². The van der Waals surface area contributed by atoms with Gasteiger partial charge in [-0.05, 0) is 33.6 Å². The second kappa shape index (κ2) is 3.54. The van der Waals surface area contributed by atoms with Gasteiger partial charge in [-0.2, -0.15) is 0 Å². The van der Waals surface area contributed by atoms with E-state index in [2.05, 4.69) is 10.6 Å². The molecule has 0 saturated heterocycles. The van der Waals surface area contributed by atoms with Crippen molar-refractivity contribution < 1.29 is 9.90 Å². The normalized spacial score (nSPS) is 27.7. The monoisotopic (exact) mass is 186 g/mol. The van der Waals surface area contributed by atoms with Crippen LogP contribution < -0.4 is 10.6 Å². The van der Waals surface area contributed by atoms with Crippen LogP contribution in [-0.4, -0.2) is 28.8 Å². The van der Waals surface area contributed by atoms with Crippen molar-refractivity contribution in [3.63, 3.8) is 0 Å². The molecule has 0 aromatic rings. The van der Waals surface area contributed by atoms with Crippen LogP contribution in [-0.2, 0) is 0 Å². The Balaban J connectivity index is 2.19. The number of amides is 2. The van der Waals surface area contributed by atoms with Gasteiger partial charge in [0.05, 0.1) is 6.10 Å². The van der Waals surface area contributed by atoms with Gasteiger partial charge in [-0.3, -0.25) is 0 Å². The number of aliphatic hydroxyl groups excluding tert-OH is 1. The molecule has 0 bridgehead atoms. The second-order valence-corrected chi connectivity index (χ2v) is 4.67. The third kappa shape index (κ3) is 3.63. The highest BCUT2D eigenvalue weighted by Crippen LogP contribution is 2.19. The van der Waals surface area contributed by atoms with Crippen molar-refractivity contribution >= 4 is 6.03 Å². The van der Waals surface area contributed by atoms with Gasteiger partial charge in [0, 0.05) is 11.6 Å². The number of hydrogen-bond acceptors (Lipinski definition) is 2. The molecule has 0 atom stereocenters. The van der Waals surface area contributed by atoms with Gasteiger partial charge in [0.2, 0.25) is 0 Å². The van der Waals surface area contributed by atoms with Crippen LogP contribution in [0, 0.1) is 0 Å². The van der Waals surface area contributed by atoms with E-state index in [4.69, 9.17) is 5.11 Å². The summed E-state index contributed by atoms with van der Waals surface area (Å²) in [4.78, 5) is 11.3. The lowest BCUT2D eigenvalue weighted by atomic mass is 9.90. The van der Waals surface area contributed by atoms with Crippen molar-refractivity contribution in [3.8, 4) is 0 Å². The number of nitrogens with one attached hydrogen (secondary N) is 2. The summed E-state index contributed by atoms with van der Waals surface area (Å²) in [7, 11) is 0. The highest BCUT2D eigenvalue weighted by atomic mass is 16.3. The zero-order valence-corrected chi connectivity index (χ0v) is 8.42. The lowest BCUT2D eigenvalue weighted by molar-refractivity contribution is 0.0659. The topological polar surface area (TPSA) is 61.4 Å². The Labute approximate surface area is 78.7 Å². The van der Waals surface area contributed by atoms with Crippen LogP contribution in [0.3, 0.4) is 0 Å². The molecule has 76 valence electrons. The van der Waals surface area contributed by atoms with Gasteiger partial charge in [-0.15, -0.1) is 0 Å². The molecule has 1 rings (SSSR count). The SMILES string of the molecule is CC(C)(C)NC(=O)NC1CC(O)C1. The zero-order chi connectivity index (χ0) is 10.1. The quantitative estimate of drug-likeness (QED) is 0.562. The first-order valence-electron chi connectivity index (χ1n) is 4.63. The first kappa shape index (κ1) is 10.3. The predicted octanol–water partition coefficient (Wildman–Crippen LogP) is 0.607. The molecule has 0 aliphatic heterocycles. The Bertz CT molecular complexity index is 192. The number of urea groups is 1. The fourth-order valence-corrected chi connectivity index (χ4v) is 1.27. The van der Waals surface area contributed by atoms with E-state index in [1.54, 1.807) is 0 Å². The number of hydrogen-bond donors (Lipinski definition) is 3. The van der Waals surface area contributed by atoms with Crippen molar-refractivity contribution in [3.05, 3.63) is 0 Å². The number of carbonyl (C=O) groups excluding carboxylic acids is 1. The largest absolute Gasteiger partial charge is 0.393 e. The summed E-state index contributed by atoms with van der Waals surface area (Å²) in [5.41, 5.74) is -0.202. The van der Waals surface area contributed by atoms with E-state index >= 15 is 0 Å². The van der Waals surface area contributed by atoms with Gasteiger partial charge in [0.15, 0.2) is 0 Å². The van der Waals surface area contributed by atoms with E-state index in [0.717, 1.165) is 0 Å². The number of carbonyl (C=O) groups is 1. The van der Waals surface area contributed by atoms with Crippen molar-refractivity contribution in [2.45, 2.75) is 51.3 Å². The van der Waals surface area contributed by atoms with Crippen molar-refractivity contribution in [2.24, 2.45) is 0 Å². The molecule has 0 heterocycles. The van der Waals surface area contributed by atoms with Crippen LogP contribution >= 0.6 is 0 Å². The fraction of sp³-hybridized carbons (Fsp3) is 0.889. The summed E-state index contributed by atoms with van der Waals surface area (Å²) in [5, 5.41) is 14.6.